The lowest BCUT2D eigenvalue weighted by Crippen LogP contribution is -2.49. The van der Waals surface area contributed by atoms with Crippen LogP contribution in [0.4, 0.5) is 0 Å². The molecule has 0 spiro atoms. The Morgan fingerprint density at radius 1 is 1.03 bits per heavy atom. The van der Waals surface area contributed by atoms with Crippen molar-refractivity contribution in [3.05, 3.63) is 85.9 Å². The number of hydrogen-bond acceptors (Lipinski definition) is 6. The lowest BCUT2D eigenvalue weighted by molar-refractivity contribution is 0.0975. The molecule has 1 aliphatic rings. The van der Waals surface area contributed by atoms with Gasteiger partial charge in [-0.25, -0.2) is 4.68 Å². The predicted octanol–water partition coefficient (Wildman–Crippen LogP) is 4.45. The Hall–Kier alpha value is -3.07. The zero-order chi connectivity index (χ0) is 26.3. The van der Waals surface area contributed by atoms with Crippen LogP contribution in [0.15, 0.2) is 47.3 Å². The number of aromatic amines is 1. The fourth-order valence-electron chi connectivity index (χ4n) is 5.28. The van der Waals surface area contributed by atoms with Crippen molar-refractivity contribution in [2.24, 2.45) is 0 Å². The summed E-state index contributed by atoms with van der Waals surface area (Å²) >= 11 is 6.06. The van der Waals surface area contributed by atoms with Crippen LogP contribution in [0, 0.1) is 13.8 Å². The predicted molar refractivity (Wildman–Crippen MR) is 147 cm³/mol. The van der Waals surface area contributed by atoms with Crippen molar-refractivity contribution >= 4 is 22.5 Å². The summed E-state index contributed by atoms with van der Waals surface area (Å²) in [6, 6.07) is 13.9. The highest BCUT2D eigenvalue weighted by Gasteiger charge is 2.35. The second kappa shape index (κ2) is 10.0. The average molecular weight is 520 g/mol. The van der Waals surface area contributed by atoms with Gasteiger partial charge in [-0.3, -0.25) is 14.6 Å². The van der Waals surface area contributed by atoms with Gasteiger partial charge < -0.3 is 4.98 Å². The number of hydrogen-bond donors (Lipinski definition) is 1. The Bertz CT molecular complexity index is 1460. The number of nitrogens with zero attached hydrogens (tertiary/aromatic N) is 6. The smallest absolute Gasteiger partial charge is 0.253 e. The van der Waals surface area contributed by atoms with Gasteiger partial charge in [-0.05, 0) is 85.8 Å². The monoisotopic (exact) mass is 519 g/mol. The summed E-state index contributed by atoms with van der Waals surface area (Å²) in [5.74, 6) is 0.688. The summed E-state index contributed by atoms with van der Waals surface area (Å²) in [6.07, 6.45) is 0. The van der Waals surface area contributed by atoms with Gasteiger partial charge in [-0.2, -0.15) is 0 Å². The number of aryl methyl sites for hydroxylation is 2. The van der Waals surface area contributed by atoms with E-state index in [1.807, 2.05) is 29.8 Å². The average Bonchev–Trinajstić information content (AvgIpc) is 3.33. The molecule has 3 heterocycles. The van der Waals surface area contributed by atoms with Crippen LogP contribution < -0.4 is 5.56 Å². The number of tetrazole rings is 1. The van der Waals surface area contributed by atoms with Gasteiger partial charge in [-0.1, -0.05) is 35.4 Å². The van der Waals surface area contributed by atoms with Crippen LogP contribution in [-0.4, -0.2) is 61.2 Å². The molecule has 1 N–H and O–H groups in total. The molecule has 0 amide bonds. The first-order valence-corrected chi connectivity index (χ1v) is 13.1. The van der Waals surface area contributed by atoms with Crippen molar-refractivity contribution in [2.45, 2.75) is 52.7 Å². The molecule has 1 saturated heterocycles. The van der Waals surface area contributed by atoms with E-state index in [-0.39, 0.29) is 17.1 Å². The minimum atomic E-state index is -0.360. The number of halogens is 1. The molecule has 9 heteroatoms. The van der Waals surface area contributed by atoms with Gasteiger partial charge in [-0.15, -0.1) is 5.10 Å². The number of piperazine rings is 1. The van der Waals surface area contributed by atoms with Crippen LogP contribution in [-0.2, 0) is 12.1 Å². The molecule has 2 aromatic carbocycles. The van der Waals surface area contributed by atoms with Crippen molar-refractivity contribution in [1.29, 1.82) is 0 Å². The van der Waals surface area contributed by atoms with Crippen molar-refractivity contribution in [2.75, 3.05) is 26.2 Å². The van der Waals surface area contributed by atoms with Crippen molar-refractivity contribution < 1.29 is 0 Å². The lowest BCUT2D eigenvalue weighted by Gasteiger charge is -2.39. The number of pyridine rings is 1. The van der Waals surface area contributed by atoms with Crippen LogP contribution in [0.25, 0.3) is 10.9 Å². The molecule has 8 nitrogen and oxygen atoms in total. The highest BCUT2D eigenvalue weighted by atomic mass is 35.5. The molecule has 4 aromatic rings. The van der Waals surface area contributed by atoms with Gasteiger partial charge in [0.1, 0.15) is 6.04 Å². The maximum absolute atomic E-state index is 13.6. The fraction of sp³-hybridized carbons (Fsp3) is 0.429. The molecule has 1 aliphatic heterocycles. The molecular weight excluding hydrogens is 486 g/mol. The van der Waals surface area contributed by atoms with Crippen LogP contribution in [0.3, 0.4) is 0 Å². The number of H-pyrrole nitrogens is 1. The molecule has 0 radical (unpaired) electrons. The Balaban J connectivity index is 1.51. The van der Waals surface area contributed by atoms with Gasteiger partial charge in [0.25, 0.3) is 5.56 Å². The van der Waals surface area contributed by atoms with Gasteiger partial charge in [0.05, 0.1) is 11.1 Å². The normalized spacial score (nSPS) is 16.4. The van der Waals surface area contributed by atoms with E-state index < -0.39 is 0 Å². The molecule has 2 aromatic heterocycles. The van der Waals surface area contributed by atoms with E-state index in [1.54, 1.807) is 0 Å². The molecule has 5 rings (SSSR count). The topological polar surface area (TPSA) is 82.9 Å². The highest BCUT2D eigenvalue weighted by Crippen LogP contribution is 2.31. The number of rotatable bonds is 5. The molecule has 1 unspecified atom stereocenters. The molecule has 1 atom stereocenters. The number of fused-ring (bicyclic) bond motifs is 1. The van der Waals surface area contributed by atoms with Gasteiger partial charge in [0.2, 0.25) is 0 Å². The fourth-order valence-corrected chi connectivity index (χ4v) is 5.40. The van der Waals surface area contributed by atoms with Crippen molar-refractivity contribution in [1.82, 2.24) is 35.0 Å². The summed E-state index contributed by atoms with van der Waals surface area (Å²) in [4.78, 5) is 21.5. The van der Waals surface area contributed by atoms with Gasteiger partial charge >= 0.3 is 0 Å². The lowest BCUT2D eigenvalue weighted by atomic mass is 9.99. The van der Waals surface area contributed by atoms with E-state index in [1.165, 1.54) is 5.56 Å². The summed E-state index contributed by atoms with van der Waals surface area (Å²) in [5.41, 5.74) is 4.58. The molecule has 1 fully saturated rings. The standard InChI is InChI=1S/C28H34ClN7O/c1-18-14-19(2)24-21(15-18)16-23(27(37)30-24)25(26-31-32-33-36(26)28(3,4)5)35-12-10-34(11-13-35)17-20-6-8-22(29)9-7-20/h6-9,14-16,25H,10-13,17H2,1-5H3,(H,30,37). The zero-order valence-corrected chi connectivity index (χ0v) is 22.9. The van der Waals surface area contributed by atoms with Crippen molar-refractivity contribution in [3.8, 4) is 0 Å². The summed E-state index contributed by atoms with van der Waals surface area (Å²) in [5, 5.41) is 14.6. The summed E-state index contributed by atoms with van der Waals surface area (Å²) in [6.45, 7) is 14.5. The molecule has 0 bridgehead atoms. The molecule has 0 saturated carbocycles. The second-order valence-corrected chi connectivity index (χ2v) is 11.5. The Labute approximate surface area is 222 Å². The SMILES string of the molecule is Cc1cc(C)c2[nH]c(=O)c(C(c3nnnn3C(C)(C)C)N3CCN(Cc4ccc(Cl)cc4)CC3)cc2c1. The van der Waals surface area contributed by atoms with Crippen molar-refractivity contribution in [3.63, 3.8) is 0 Å². The van der Waals surface area contributed by atoms with E-state index in [0.29, 0.717) is 11.4 Å². The Morgan fingerprint density at radius 2 is 1.73 bits per heavy atom. The minimum Gasteiger partial charge on any atom is -0.321 e. The Kier molecular flexibility index (Phi) is 6.91. The van der Waals surface area contributed by atoms with E-state index in [2.05, 4.69) is 82.3 Å². The van der Waals surface area contributed by atoms with Gasteiger partial charge in [0, 0.05) is 43.3 Å². The molecular formula is C28H34ClN7O. The molecule has 194 valence electrons. The maximum atomic E-state index is 13.6. The maximum Gasteiger partial charge on any atom is 0.253 e. The largest absolute Gasteiger partial charge is 0.321 e. The van der Waals surface area contributed by atoms with Crippen LogP contribution in [0.5, 0.6) is 0 Å². The Morgan fingerprint density at radius 3 is 2.41 bits per heavy atom. The van der Waals surface area contributed by atoms with Crippen LogP contribution >= 0.6 is 11.6 Å². The van der Waals surface area contributed by atoms with E-state index in [0.717, 1.165) is 59.8 Å². The quantitative estimate of drug-likeness (QED) is 0.419. The molecule has 0 aliphatic carbocycles. The van der Waals surface area contributed by atoms with E-state index >= 15 is 0 Å². The van der Waals surface area contributed by atoms with Crippen LogP contribution in [0.1, 0.15) is 54.9 Å². The number of nitrogens with one attached hydrogen (secondary N) is 1. The van der Waals surface area contributed by atoms with E-state index in [4.69, 9.17) is 11.6 Å². The third kappa shape index (κ3) is 5.32. The first-order chi connectivity index (χ1) is 17.6. The highest BCUT2D eigenvalue weighted by molar-refractivity contribution is 6.30. The number of aromatic nitrogens is 5. The molecule has 37 heavy (non-hydrogen) atoms. The number of benzene rings is 2. The first-order valence-electron chi connectivity index (χ1n) is 12.7. The second-order valence-electron chi connectivity index (χ2n) is 11.1. The summed E-state index contributed by atoms with van der Waals surface area (Å²) in [7, 11) is 0. The zero-order valence-electron chi connectivity index (χ0n) is 22.1. The third-order valence-electron chi connectivity index (χ3n) is 7.08. The third-order valence-corrected chi connectivity index (χ3v) is 7.33. The minimum absolute atomic E-state index is 0.100. The summed E-state index contributed by atoms with van der Waals surface area (Å²) < 4.78 is 1.85. The van der Waals surface area contributed by atoms with Gasteiger partial charge in [0.15, 0.2) is 5.82 Å². The first kappa shape index (κ1) is 25.6. The van der Waals surface area contributed by atoms with E-state index in [9.17, 15) is 4.79 Å². The van der Waals surface area contributed by atoms with Crippen LogP contribution in [0.2, 0.25) is 5.02 Å².